The maximum Gasteiger partial charge on any atom is 0.305 e. The Kier molecular flexibility index (Phi) is 7.12. The number of piperidine rings is 1. The van der Waals surface area contributed by atoms with Crippen molar-refractivity contribution in [3.05, 3.63) is 35.9 Å². The van der Waals surface area contributed by atoms with Crippen molar-refractivity contribution in [3.63, 3.8) is 0 Å². The van der Waals surface area contributed by atoms with Crippen LogP contribution < -0.4 is 0 Å². The summed E-state index contributed by atoms with van der Waals surface area (Å²) in [5.74, 6) is 0.731. The molecule has 5 heteroatoms. The lowest BCUT2D eigenvalue weighted by atomic mass is 9.89. The Morgan fingerprint density at radius 3 is 2.52 bits per heavy atom. The molecule has 2 heterocycles. The van der Waals surface area contributed by atoms with Gasteiger partial charge < -0.3 is 4.90 Å². The highest BCUT2D eigenvalue weighted by atomic mass is 35.5. The standard InChI is InChI=1S/C18H24N2OS.ClH/c1-14-17(22-18(21)19-14)8-5-11-20-12-9-16(10-13-20)15-6-3-2-4-7-15;/h2-4,6-7,16-17H,5,8-13H2,1H3;1H. The number of benzene rings is 1. The van der Waals surface area contributed by atoms with Crippen LogP contribution in [0.1, 0.15) is 44.1 Å². The molecule has 1 atom stereocenters. The topological polar surface area (TPSA) is 32.7 Å². The van der Waals surface area contributed by atoms with Crippen LogP contribution in [-0.2, 0) is 0 Å². The smallest absolute Gasteiger partial charge is 0.303 e. The zero-order valence-corrected chi connectivity index (χ0v) is 15.2. The molecule has 23 heavy (non-hydrogen) atoms. The number of halogens is 1. The van der Waals surface area contributed by atoms with Gasteiger partial charge in [0.2, 0.25) is 0 Å². The first-order valence-corrected chi connectivity index (χ1v) is 9.13. The van der Waals surface area contributed by atoms with Crippen molar-refractivity contribution in [2.75, 3.05) is 19.6 Å². The molecule has 1 amide bonds. The minimum atomic E-state index is -0.00817. The first-order valence-electron chi connectivity index (χ1n) is 8.25. The summed E-state index contributed by atoms with van der Waals surface area (Å²) in [4.78, 5) is 17.8. The average molecular weight is 353 g/mol. The van der Waals surface area contributed by atoms with Crippen molar-refractivity contribution in [2.45, 2.75) is 43.8 Å². The monoisotopic (exact) mass is 352 g/mol. The van der Waals surface area contributed by atoms with Gasteiger partial charge in [-0.2, -0.15) is 0 Å². The zero-order valence-electron chi connectivity index (χ0n) is 13.6. The van der Waals surface area contributed by atoms with E-state index in [9.17, 15) is 4.79 Å². The quantitative estimate of drug-likeness (QED) is 0.765. The Bertz CT molecular complexity index is 541. The fourth-order valence-corrected chi connectivity index (χ4v) is 4.38. The van der Waals surface area contributed by atoms with Gasteiger partial charge in [0, 0.05) is 5.71 Å². The summed E-state index contributed by atoms with van der Waals surface area (Å²) in [6, 6.07) is 10.9. The Morgan fingerprint density at radius 2 is 1.91 bits per heavy atom. The third-order valence-corrected chi connectivity index (χ3v) is 5.93. The highest BCUT2D eigenvalue weighted by molar-refractivity contribution is 8.15. The van der Waals surface area contributed by atoms with Gasteiger partial charge in [-0.15, -0.1) is 12.4 Å². The SMILES string of the molecule is CC1=NC(=O)SC1CCCN1CCC(c2ccccc2)CC1.Cl. The molecule has 1 fully saturated rings. The second-order valence-electron chi connectivity index (χ2n) is 6.29. The van der Waals surface area contributed by atoms with E-state index >= 15 is 0 Å². The molecule has 2 aliphatic rings. The second kappa shape index (κ2) is 8.86. The van der Waals surface area contributed by atoms with Crippen LogP contribution in [0.2, 0.25) is 0 Å². The summed E-state index contributed by atoms with van der Waals surface area (Å²) < 4.78 is 0. The van der Waals surface area contributed by atoms with Crippen LogP contribution in [0.3, 0.4) is 0 Å². The fourth-order valence-electron chi connectivity index (χ4n) is 3.43. The van der Waals surface area contributed by atoms with Crippen LogP contribution in [0.5, 0.6) is 0 Å². The first-order chi connectivity index (χ1) is 10.7. The van der Waals surface area contributed by atoms with Crippen molar-refractivity contribution in [2.24, 2.45) is 4.99 Å². The molecule has 0 spiro atoms. The number of rotatable bonds is 5. The summed E-state index contributed by atoms with van der Waals surface area (Å²) in [6.07, 6.45) is 4.76. The lowest BCUT2D eigenvalue weighted by Crippen LogP contribution is -2.34. The third kappa shape index (κ3) is 5.07. The molecule has 0 radical (unpaired) electrons. The molecule has 1 unspecified atom stereocenters. The Balaban J connectivity index is 0.00000192. The van der Waals surface area contributed by atoms with E-state index in [1.165, 1.54) is 43.3 Å². The molecule has 0 N–H and O–H groups in total. The number of aliphatic imine (C=N–C) groups is 1. The van der Waals surface area contributed by atoms with E-state index in [0.29, 0.717) is 5.25 Å². The molecule has 0 bridgehead atoms. The van der Waals surface area contributed by atoms with Crippen molar-refractivity contribution >= 4 is 35.1 Å². The molecular formula is C18H25ClN2OS. The number of likely N-dealkylation sites (tertiary alicyclic amines) is 1. The van der Waals surface area contributed by atoms with Gasteiger partial charge in [0.25, 0.3) is 0 Å². The van der Waals surface area contributed by atoms with E-state index in [1.807, 2.05) is 6.92 Å². The van der Waals surface area contributed by atoms with Crippen LogP contribution in [0.25, 0.3) is 0 Å². The predicted octanol–water partition coefficient (Wildman–Crippen LogP) is 4.76. The van der Waals surface area contributed by atoms with Crippen LogP contribution in [0.4, 0.5) is 4.79 Å². The Labute approximate surface area is 149 Å². The number of thioether (sulfide) groups is 1. The van der Waals surface area contributed by atoms with Gasteiger partial charge in [0.1, 0.15) is 0 Å². The minimum Gasteiger partial charge on any atom is -0.303 e. The molecule has 0 aliphatic carbocycles. The average Bonchev–Trinajstić information content (AvgIpc) is 2.87. The lowest BCUT2D eigenvalue weighted by Gasteiger charge is -2.32. The number of carbonyl (C=O) groups is 1. The highest BCUT2D eigenvalue weighted by Gasteiger charge is 2.25. The van der Waals surface area contributed by atoms with E-state index in [0.717, 1.165) is 31.0 Å². The maximum absolute atomic E-state index is 11.3. The molecule has 1 aromatic carbocycles. The summed E-state index contributed by atoms with van der Waals surface area (Å²) >= 11 is 1.40. The second-order valence-corrected chi connectivity index (χ2v) is 7.45. The first kappa shape index (κ1) is 18.5. The van der Waals surface area contributed by atoms with Crippen molar-refractivity contribution in [1.29, 1.82) is 0 Å². The Hall–Kier alpha value is -0.840. The van der Waals surface area contributed by atoms with Crippen LogP contribution in [-0.4, -0.2) is 40.7 Å². The predicted molar refractivity (Wildman–Crippen MR) is 101 cm³/mol. The zero-order chi connectivity index (χ0) is 15.4. The van der Waals surface area contributed by atoms with Gasteiger partial charge in [-0.05, 0) is 63.7 Å². The van der Waals surface area contributed by atoms with Crippen LogP contribution in [0, 0.1) is 0 Å². The minimum absolute atomic E-state index is 0. The molecular weight excluding hydrogens is 328 g/mol. The van der Waals surface area contributed by atoms with Gasteiger partial charge in [0.05, 0.1) is 5.25 Å². The largest absolute Gasteiger partial charge is 0.305 e. The summed E-state index contributed by atoms with van der Waals surface area (Å²) in [7, 11) is 0. The van der Waals surface area contributed by atoms with E-state index < -0.39 is 0 Å². The summed E-state index contributed by atoms with van der Waals surface area (Å²) in [5, 5.41) is 0.320. The van der Waals surface area contributed by atoms with Crippen LogP contribution >= 0.6 is 24.2 Å². The number of amides is 1. The number of hydrogen-bond acceptors (Lipinski definition) is 3. The maximum atomic E-state index is 11.3. The van der Waals surface area contributed by atoms with Crippen LogP contribution in [0.15, 0.2) is 35.3 Å². The van der Waals surface area contributed by atoms with E-state index in [4.69, 9.17) is 0 Å². The van der Waals surface area contributed by atoms with Gasteiger partial charge in [0.15, 0.2) is 0 Å². The normalized spacial score (nSPS) is 22.7. The van der Waals surface area contributed by atoms with Crippen molar-refractivity contribution in [3.8, 4) is 0 Å². The molecule has 3 nitrogen and oxygen atoms in total. The van der Waals surface area contributed by atoms with E-state index in [2.05, 4.69) is 40.2 Å². The molecule has 126 valence electrons. The molecule has 1 aromatic rings. The van der Waals surface area contributed by atoms with Gasteiger partial charge in [-0.3, -0.25) is 4.79 Å². The third-order valence-electron chi connectivity index (χ3n) is 4.78. The van der Waals surface area contributed by atoms with Gasteiger partial charge in [-0.25, -0.2) is 4.99 Å². The summed E-state index contributed by atoms with van der Waals surface area (Å²) in [6.45, 7) is 5.53. The van der Waals surface area contributed by atoms with Gasteiger partial charge >= 0.3 is 5.24 Å². The molecule has 1 saturated heterocycles. The molecule has 3 rings (SSSR count). The summed E-state index contributed by atoms with van der Waals surface area (Å²) in [5.41, 5.74) is 2.51. The lowest BCUT2D eigenvalue weighted by molar-refractivity contribution is 0.209. The van der Waals surface area contributed by atoms with E-state index in [1.54, 1.807) is 0 Å². The fraction of sp³-hybridized carbons (Fsp3) is 0.556. The van der Waals surface area contributed by atoms with Crippen molar-refractivity contribution in [1.82, 2.24) is 4.90 Å². The number of hydrogen-bond donors (Lipinski definition) is 0. The van der Waals surface area contributed by atoms with Crippen molar-refractivity contribution < 1.29 is 4.79 Å². The van der Waals surface area contributed by atoms with Gasteiger partial charge in [-0.1, -0.05) is 42.1 Å². The number of carbonyl (C=O) groups excluding carboxylic acids is 1. The molecule has 0 aromatic heterocycles. The molecule has 0 saturated carbocycles. The Morgan fingerprint density at radius 1 is 1.22 bits per heavy atom. The molecule has 2 aliphatic heterocycles. The highest BCUT2D eigenvalue weighted by Crippen LogP contribution is 2.29. The number of nitrogens with zero attached hydrogens (tertiary/aromatic N) is 2. The van der Waals surface area contributed by atoms with E-state index in [-0.39, 0.29) is 17.6 Å².